The number of carbonyl (C=O) groups is 1. The Morgan fingerprint density at radius 3 is 2.95 bits per heavy atom. The summed E-state index contributed by atoms with van der Waals surface area (Å²) >= 11 is 0. The standard InChI is InChI=1S/C14H17N3O3S/c18-13-14(5-2-8-16-13)6-3-9-17(11-14)21(19,20)12-4-1-7-15-10-12/h1-2,4,7-8,10H,3,5-6,9,11H2,(H,16,18)/t14-/m1/s1. The van der Waals surface area contributed by atoms with E-state index in [0.29, 0.717) is 25.8 Å². The van der Waals surface area contributed by atoms with Crippen LogP contribution in [0.2, 0.25) is 0 Å². The number of hydrogen-bond acceptors (Lipinski definition) is 4. The van der Waals surface area contributed by atoms with Crippen LogP contribution in [-0.4, -0.2) is 36.7 Å². The fourth-order valence-electron chi connectivity index (χ4n) is 2.96. The highest BCUT2D eigenvalue weighted by molar-refractivity contribution is 7.89. The summed E-state index contributed by atoms with van der Waals surface area (Å²) < 4.78 is 26.7. The third-order valence-electron chi connectivity index (χ3n) is 4.14. The largest absolute Gasteiger partial charge is 0.332 e. The van der Waals surface area contributed by atoms with Crippen molar-refractivity contribution in [3.8, 4) is 0 Å². The fraction of sp³-hybridized carbons (Fsp3) is 0.429. The molecule has 21 heavy (non-hydrogen) atoms. The summed E-state index contributed by atoms with van der Waals surface area (Å²) in [7, 11) is -3.59. The Labute approximate surface area is 123 Å². The van der Waals surface area contributed by atoms with Crippen LogP contribution in [0.5, 0.6) is 0 Å². The Balaban J connectivity index is 1.90. The van der Waals surface area contributed by atoms with Crippen LogP contribution in [0, 0.1) is 5.41 Å². The number of hydrogen-bond donors (Lipinski definition) is 1. The summed E-state index contributed by atoms with van der Waals surface area (Å²) in [6, 6.07) is 3.13. The molecule has 1 amide bonds. The van der Waals surface area contributed by atoms with Crippen molar-refractivity contribution in [2.45, 2.75) is 24.2 Å². The average molecular weight is 307 g/mol. The lowest BCUT2D eigenvalue weighted by Gasteiger charge is -2.41. The monoisotopic (exact) mass is 307 g/mol. The van der Waals surface area contributed by atoms with Crippen molar-refractivity contribution in [3.05, 3.63) is 36.8 Å². The number of rotatable bonds is 2. The second-order valence-corrected chi connectivity index (χ2v) is 7.43. The van der Waals surface area contributed by atoms with Gasteiger partial charge in [-0.05, 0) is 37.6 Å². The minimum atomic E-state index is -3.59. The number of carbonyl (C=O) groups excluding carboxylic acids is 1. The number of piperidine rings is 1. The van der Waals surface area contributed by atoms with Gasteiger partial charge in [-0.3, -0.25) is 9.78 Å². The Bertz CT molecular complexity index is 672. The molecule has 1 saturated heterocycles. The number of pyridine rings is 1. The van der Waals surface area contributed by atoms with Gasteiger partial charge in [0.1, 0.15) is 4.90 Å². The molecule has 3 heterocycles. The van der Waals surface area contributed by atoms with E-state index in [1.165, 1.54) is 22.8 Å². The van der Waals surface area contributed by atoms with E-state index in [-0.39, 0.29) is 17.3 Å². The minimum absolute atomic E-state index is 0.0870. The van der Waals surface area contributed by atoms with Crippen LogP contribution in [0.4, 0.5) is 0 Å². The van der Waals surface area contributed by atoms with Gasteiger partial charge in [-0.25, -0.2) is 8.42 Å². The molecule has 2 aliphatic heterocycles. The number of allylic oxidation sites excluding steroid dienone is 1. The van der Waals surface area contributed by atoms with E-state index in [9.17, 15) is 13.2 Å². The quantitative estimate of drug-likeness (QED) is 0.880. The molecule has 2 aliphatic rings. The normalized spacial score (nSPS) is 26.8. The molecule has 0 radical (unpaired) electrons. The summed E-state index contributed by atoms with van der Waals surface area (Å²) in [5.74, 6) is -0.0870. The van der Waals surface area contributed by atoms with Crippen molar-refractivity contribution in [3.63, 3.8) is 0 Å². The zero-order chi connectivity index (χ0) is 14.9. The van der Waals surface area contributed by atoms with Gasteiger partial charge in [-0.2, -0.15) is 4.31 Å². The lowest BCUT2D eigenvalue weighted by Crippen LogP contribution is -2.53. The van der Waals surface area contributed by atoms with E-state index < -0.39 is 15.4 Å². The first-order valence-electron chi connectivity index (χ1n) is 6.91. The van der Waals surface area contributed by atoms with Gasteiger partial charge >= 0.3 is 0 Å². The molecule has 1 aromatic heterocycles. The van der Waals surface area contributed by atoms with Gasteiger partial charge in [0.2, 0.25) is 15.9 Å². The van der Waals surface area contributed by atoms with Crippen LogP contribution < -0.4 is 5.32 Å². The molecular formula is C14H17N3O3S. The predicted octanol–water partition coefficient (Wildman–Crippen LogP) is 0.886. The topological polar surface area (TPSA) is 79.4 Å². The van der Waals surface area contributed by atoms with E-state index in [1.54, 1.807) is 12.3 Å². The van der Waals surface area contributed by atoms with E-state index in [1.807, 2.05) is 6.08 Å². The summed E-state index contributed by atoms with van der Waals surface area (Å²) in [6.45, 7) is 0.663. The maximum absolute atomic E-state index is 12.7. The van der Waals surface area contributed by atoms with Crippen molar-refractivity contribution in [2.75, 3.05) is 13.1 Å². The van der Waals surface area contributed by atoms with Crippen LogP contribution in [0.1, 0.15) is 19.3 Å². The highest BCUT2D eigenvalue weighted by Gasteiger charge is 2.45. The van der Waals surface area contributed by atoms with Gasteiger partial charge < -0.3 is 5.32 Å². The number of amides is 1. The van der Waals surface area contributed by atoms with Crippen molar-refractivity contribution in [1.29, 1.82) is 0 Å². The summed E-state index contributed by atoms with van der Waals surface area (Å²) in [5, 5.41) is 2.70. The van der Waals surface area contributed by atoms with Gasteiger partial charge in [0, 0.05) is 25.5 Å². The van der Waals surface area contributed by atoms with Crippen LogP contribution in [0.25, 0.3) is 0 Å². The van der Waals surface area contributed by atoms with Crippen LogP contribution in [0.15, 0.2) is 41.7 Å². The molecule has 6 nitrogen and oxygen atoms in total. The van der Waals surface area contributed by atoms with E-state index in [0.717, 1.165) is 0 Å². The lowest BCUT2D eigenvalue weighted by molar-refractivity contribution is -0.132. The first kappa shape index (κ1) is 14.2. The molecule has 0 saturated carbocycles. The highest BCUT2D eigenvalue weighted by atomic mass is 32.2. The Morgan fingerprint density at radius 1 is 1.38 bits per heavy atom. The first-order chi connectivity index (χ1) is 10.0. The molecule has 0 aromatic carbocycles. The molecule has 1 aromatic rings. The van der Waals surface area contributed by atoms with E-state index in [4.69, 9.17) is 0 Å². The maximum Gasteiger partial charge on any atom is 0.244 e. The Hall–Kier alpha value is -1.73. The van der Waals surface area contributed by atoms with Crippen LogP contribution in [0.3, 0.4) is 0 Å². The van der Waals surface area contributed by atoms with Gasteiger partial charge in [0.25, 0.3) is 0 Å². The van der Waals surface area contributed by atoms with Gasteiger partial charge in [-0.1, -0.05) is 6.08 Å². The Kier molecular flexibility index (Phi) is 3.54. The average Bonchev–Trinajstić information content (AvgIpc) is 2.52. The number of nitrogens with zero attached hydrogens (tertiary/aromatic N) is 2. The summed E-state index contributed by atoms with van der Waals surface area (Å²) in [6.07, 6.45) is 8.37. The van der Waals surface area contributed by atoms with Crippen molar-refractivity contribution < 1.29 is 13.2 Å². The number of nitrogens with one attached hydrogen (secondary N) is 1. The van der Waals surface area contributed by atoms with Crippen LogP contribution in [-0.2, 0) is 14.8 Å². The second-order valence-electron chi connectivity index (χ2n) is 5.49. The molecule has 0 unspecified atom stereocenters. The first-order valence-corrected chi connectivity index (χ1v) is 8.35. The molecule has 1 N–H and O–H groups in total. The number of sulfonamides is 1. The van der Waals surface area contributed by atoms with Crippen molar-refractivity contribution in [1.82, 2.24) is 14.6 Å². The third-order valence-corrected chi connectivity index (χ3v) is 5.97. The van der Waals surface area contributed by atoms with Gasteiger partial charge in [0.05, 0.1) is 5.41 Å². The molecule has 7 heteroatoms. The fourth-order valence-corrected chi connectivity index (χ4v) is 4.49. The molecule has 112 valence electrons. The molecule has 0 bridgehead atoms. The van der Waals surface area contributed by atoms with Gasteiger partial charge in [-0.15, -0.1) is 0 Å². The van der Waals surface area contributed by atoms with Gasteiger partial charge in [0.15, 0.2) is 0 Å². The zero-order valence-electron chi connectivity index (χ0n) is 11.5. The summed E-state index contributed by atoms with van der Waals surface area (Å²) in [5.41, 5.74) is -0.637. The highest BCUT2D eigenvalue weighted by Crippen LogP contribution is 2.37. The number of aromatic nitrogens is 1. The summed E-state index contributed by atoms with van der Waals surface area (Å²) in [4.78, 5) is 16.2. The molecule has 1 spiro atoms. The van der Waals surface area contributed by atoms with E-state index >= 15 is 0 Å². The zero-order valence-corrected chi connectivity index (χ0v) is 12.3. The lowest BCUT2D eigenvalue weighted by atomic mass is 9.76. The SMILES string of the molecule is O=C1NC=CC[C@]12CCCN(S(=O)(=O)c1cccnc1)C2. The Morgan fingerprint density at radius 2 is 2.24 bits per heavy atom. The van der Waals surface area contributed by atoms with Crippen LogP contribution >= 0.6 is 0 Å². The van der Waals surface area contributed by atoms with Crippen molar-refractivity contribution in [2.24, 2.45) is 5.41 Å². The molecule has 3 rings (SSSR count). The molecular weight excluding hydrogens is 290 g/mol. The molecule has 1 fully saturated rings. The van der Waals surface area contributed by atoms with Crippen molar-refractivity contribution >= 4 is 15.9 Å². The minimum Gasteiger partial charge on any atom is -0.332 e. The molecule has 1 atom stereocenters. The molecule has 0 aliphatic carbocycles. The predicted molar refractivity (Wildman–Crippen MR) is 76.6 cm³/mol. The third kappa shape index (κ3) is 2.47. The van der Waals surface area contributed by atoms with E-state index in [2.05, 4.69) is 10.3 Å². The maximum atomic E-state index is 12.7. The second kappa shape index (κ2) is 5.23. The smallest absolute Gasteiger partial charge is 0.244 e.